The van der Waals surface area contributed by atoms with Crippen LogP contribution in [0, 0.1) is 10.1 Å². The van der Waals surface area contributed by atoms with Crippen LogP contribution in [0.25, 0.3) is 11.3 Å². The Labute approximate surface area is 254 Å². The molecule has 0 spiro atoms. The molecule has 0 fully saturated rings. The van der Waals surface area contributed by atoms with Crippen LogP contribution in [0.3, 0.4) is 0 Å². The zero-order valence-corrected chi connectivity index (χ0v) is 24.0. The van der Waals surface area contributed by atoms with Crippen molar-refractivity contribution in [3.63, 3.8) is 0 Å². The maximum Gasteiger partial charge on any atom is 0.271 e. The lowest BCUT2D eigenvalue weighted by Gasteiger charge is -2.08. The number of anilines is 2. The smallest absolute Gasteiger partial charge is 0.271 e. The standard InChI is InChI=1S/C30H21Cl2N5O4S/c31-23-8-10-24(11-9-23)34-30-35-27(18-42-30)21-4-6-22(7-5-21)29(38)36-33-16-20-3-14-28(26(32)15-20)41-17-19-1-12-25(13-2-19)37(39)40/h1-16,18H,17H2,(H,34,35)(H,36,38)/b33-16-. The molecule has 0 aliphatic rings. The number of nitro benzene ring substituents is 1. The second-order valence-corrected chi connectivity index (χ2v) is 10.6. The summed E-state index contributed by atoms with van der Waals surface area (Å²) in [6.45, 7) is 0.198. The number of nitro groups is 1. The molecule has 0 aliphatic carbocycles. The molecule has 0 saturated carbocycles. The fourth-order valence-corrected chi connectivity index (χ4v) is 4.84. The molecular weight excluding hydrogens is 597 g/mol. The number of hydrogen-bond acceptors (Lipinski definition) is 8. The fourth-order valence-electron chi connectivity index (χ4n) is 3.73. The summed E-state index contributed by atoms with van der Waals surface area (Å²) in [5.74, 6) is 0.0830. The van der Waals surface area contributed by atoms with E-state index in [4.69, 9.17) is 27.9 Å². The number of amides is 1. The number of ether oxygens (including phenoxy) is 1. The van der Waals surface area contributed by atoms with Gasteiger partial charge in [0.05, 0.1) is 21.9 Å². The summed E-state index contributed by atoms with van der Waals surface area (Å²) in [5.41, 5.74) is 6.94. The Balaban J connectivity index is 1.13. The fraction of sp³-hybridized carbons (Fsp3) is 0.0333. The lowest BCUT2D eigenvalue weighted by molar-refractivity contribution is -0.384. The minimum atomic E-state index is -0.456. The highest BCUT2D eigenvalue weighted by atomic mass is 35.5. The summed E-state index contributed by atoms with van der Waals surface area (Å²) in [6, 6.07) is 25.6. The van der Waals surface area contributed by atoms with Crippen LogP contribution in [0.15, 0.2) is 101 Å². The van der Waals surface area contributed by atoms with Crippen molar-refractivity contribution in [2.75, 3.05) is 5.32 Å². The van der Waals surface area contributed by atoms with E-state index >= 15 is 0 Å². The van der Waals surface area contributed by atoms with Gasteiger partial charge >= 0.3 is 0 Å². The highest BCUT2D eigenvalue weighted by Crippen LogP contribution is 2.28. The number of thiazole rings is 1. The van der Waals surface area contributed by atoms with E-state index in [1.165, 1.54) is 29.7 Å². The van der Waals surface area contributed by atoms with E-state index < -0.39 is 4.92 Å². The van der Waals surface area contributed by atoms with E-state index in [9.17, 15) is 14.9 Å². The minimum absolute atomic E-state index is 0.0121. The van der Waals surface area contributed by atoms with Gasteiger partial charge in [0.15, 0.2) is 5.13 Å². The Hall–Kier alpha value is -4.77. The van der Waals surface area contributed by atoms with E-state index in [1.54, 1.807) is 54.6 Å². The van der Waals surface area contributed by atoms with Crippen molar-refractivity contribution >= 4 is 63.2 Å². The van der Waals surface area contributed by atoms with Crippen LogP contribution in [-0.2, 0) is 6.61 Å². The van der Waals surface area contributed by atoms with Crippen LogP contribution >= 0.6 is 34.5 Å². The second-order valence-electron chi connectivity index (χ2n) is 8.85. The van der Waals surface area contributed by atoms with Crippen LogP contribution in [0.4, 0.5) is 16.5 Å². The quantitative estimate of drug-likeness (QED) is 0.0927. The van der Waals surface area contributed by atoms with Gasteiger partial charge in [-0.1, -0.05) is 35.3 Å². The van der Waals surface area contributed by atoms with E-state index in [2.05, 4.69) is 20.8 Å². The van der Waals surface area contributed by atoms with E-state index in [0.717, 1.165) is 27.6 Å². The molecule has 0 atom stereocenters. The van der Waals surface area contributed by atoms with Crippen molar-refractivity contribution in [1.29, 1.82) is 0 Å². The molecule has 42 heavy (non-hydrogen) atoms. The summed E-state index contributed by atoms with van der Waals surface area (Å²) in [4.78, 5) is 27.5. The van der Waals surface area contributed by atoms with Gasteiger partial charge in [-0.3, -0.25) is 14.9 Å². The molecule has 4 aromatic carbocycles. The lowest BCUT2D eigenvalue weighted by Crippen LogP contribution is -2.17. The third kappa shape index (κ3) is 7.49. The Bertz CT molecular complexity index is 1740. The summed E-state index contributed by atoms with van der Waals surface area (Å²) in [6.07, 6.45) is 1.47. The number of aromatic nitrogens is 1. The van der Waals surface area contributed by atoms with E-state index in [1.807, 2.05) is 29.6 Å². The number of hydrazone groups is 1. The molecule has 0 saturated heterocycles. The summed E-state index contributed by atoms with van der Waals surface area (Å²) >= 11 is 13.7. The van der Waals surface area contributed by atoms with Crippen molar-refractivity contribution in [1.82, 2.24) is 10.4 Å². The number of halogens is 2. The topological polar surface area (TPSA) is 119 Å². The molecule has 5 rings (SSSR count). The van der Waals surface area contributed by atoms with Crippen molar-refractivity contribution in [2.45, 2.75) is 6.61 Å². The zero-order valence-electron chi connectivity index (χ0n) is 21.7. The Morgan fingerprint density at radius 2 is 1.74 bits per heavy atom. The first-order chi connectivity index (χ1) is 20.3. The second kappa shape index (κ2) is 13.3. The number of nitrogens with zero attached hydrogens (tertiary/aromatic N) is 3. The van der Waals surface area contributed by atoms with Crippen LogP contribution < -0.4 is 15.5 Å². The van der Waals surface area contributed by atoms with E-state index in [-0.39, 0.29) is 18.2 Å². The molecule has 1 heterocycles. The van der Waals surface area contributed by atoms with Gasteiger partial charge in [0.1, 0.15) is 12.4 Å². The molecule has 0 radical (unpaired) electrons. The number of benzene rings is 4. The maximum absolute atomic E-state index is 12.6. The first kappa shape index (κ1) is 28.7. The summed E-state index contributed by atoms with van der Waals surface area (Å²) < 4.78 is 5.72. The van der Waals surface area contributed by atoms with Crippen molar-refractivity contribution < 1.29 is 14.5 Å². The normalized spacial score (nSPS) is 10.9. The Morgan fingerprint density at radius 3 is 2.43 bits per heavy atom. The number of non-ortho nitro benzene ring substituents is 1. The van der Waals surface area contributed by atoms with Crippen LogP contribution in [0.5, 0.6) is 5.75 Å². The van der Waals surface area contributed by atoms with Crippen molar-refractivity contribution in [3.05, 3.63) is 133 Å². The highest BCUT2D eigenvalue weighted by Gasteiger charge is 2.09. The van der Waals surface area contributed by atoms with Gasteiger partial charge in [0, 0.05) is 39.3 Å². The minimum Gasteiger partial charge on any atom is -0.487 e. The predicted octanol–water partition coefficient (Wildman–Crippen LogP) is 8.11. The Kier molecular flexibility index (Phi) is 9.08. The van der Waals surface area contributed by atoms with Gasteiger partial charge in [0.25, 0.3) is 11.6 Å². The molecule has 2 N–H and O–H groups in total. The first-order valence-electron chi connectivity index (χ1n) is 12.4. The van der Waals surface area contributed by atoms with Gasteiger partial charge in [-0.05, 0) is 77.9 Å². The van der Waals surface area contributed by atoms with Crippen molar-refractivity contribution in [3.8, 4) is 17.0 Å². The van der Waals surface area contributed by atoms with Gasteiger partial charge in [-0.2, -0.15) is 5.10 Å². The predicted molar refractivity (Wildman–Crippen MR) is 166 cm³/mol. The number of rotatable bonds is 10. The third-order valence-electron chi connectivity index (χ3n) is 5.92. The third-order valence-corrected chi connectivity index (χ3v) is 7.22. The molecule has 0 bridgehead atoms. The van der Waals surface area contributed by atoms with Crippen molar-refractivity contribution in [2.24, 2.45) is 5.10 Å². The molecule has 12 heteroatoms. The zero-order chi connectivity index (χ0) is 29.5. The number of nitrogens with one attached hydrogen (secondary N) is 2. The molecule has 0 unspecified atom stereocenters. The van der Waals surface area contributed by atoms with Gasteiger partial charge in [-0.15, -0.1) is 11.3 Å². The van der Waals surface area contributed by atoms with E-state index in [0.29, 0.717) is 26.9 Å². The molecule has 210 valence electrons. The van der Waals surface area contributed by atoms with Gasteiger partial charge in [0.2, 0.25) is 0 Å². The molecule has 9 nitrogen and oxygen atoms in total. The maximum atomic E-state index is 12.6. The number of carbonyl (C=O) groups excluding carboxylic acids is 1. The SMILES string of the molecule is O=C(N/N=C\c1ccc(OCc2ccc([N+](=O)[O-])cc2)c(Cl)c1)c1ccc(-c2csc(Nc3ccc(Cl)cc3)n2)cc1. The molecule has 0 aliphatic heterocycles. The molecule has 1 amide bonds. The van der Waals surface area contributed by atoms with Crippen LogP contribution in [0.1, 0.15) is 21.5 Å². The largest absolute Gasteiger partial charge is 0.487 e. The Morgan fingerprint density at radius 1 is 1.00 bits per heavy atom. The first-order valence-corrected chi connectivity index (χ1v) is 14.1. The average molecular weight is 619 g/mol. The van der Waals surface area contributed by atoms with Gasteiger partial charge in [-0.25, -0.2) is 10.4 Å². The van der Waals surface area contributed by atoms with Crippen LogP contribution in [-0.4, -0.2) is 22.0 Å². The summed E-state index contributed by atoms with van der Waals surface area (Å²) in [7, 11) is 0. The summed E-state index contributed by atoms with van der Waals surface area (Å²) in [5, 5.41) is 21.8. The monoisotopic (exact) mass is 617 g/mol. The van der Waals surface area contributed by atoms with Crippen LogP contribution in [0.2, 0.25) is 10.0 Å². The lowest BCUT2D eigenvalue weighted by atomic mass is 10.1. The van der Waals surface area contributed by atoms with Gasteiger partial charge < -0.3 is 10.1 Å². The number of hydrogen-bond donors (Lipinski definition) is 2. The highest BCUT2D eigenvalue weighted by molar-refractivity contribution is 7.14. The molecular formula is C30H21Cl2N5O4S. The number of carbonyl (C=O) groups is 1. The molecule has 5 aromatic rings. The molecule has 1 aromatic heterocycles. The average Bonchev–Trinajstić information content (AvgIpc) is 3.46.